The highest BCUT2D eigenvalue weighted by molar-refractivity contribution is 6.08. The third-order valence-corrected chi connectivity index (χ3v) is 2.96. The average Bonchev–Trinajstić information content (AvgIpc) is 2.56. The van der Waals surface area contributed by atoms with Gasteiger partial charge in [-0.05, 0) is 42.3 Å². The van der Waals surface area contributed by atoms with E-state index in [0.717, 1.165) is 12.5 Å². The smallest absolute Gasteiger partial charge is 0.189 e. The quantitative estimate of drug-likeness (QED) is 0.294. The van der Waals surface area contributed by atoms with Crippen molar-refractivity contribution >= 4 is 11.9 Å². The SMILES string of the molecule is C=CCC.O=C(C=Cc1ccc(O)c(O)c1)c1ccc(O)cc1O. The highest BCUT2D eigenvalue weighted by atomic mass is 16.3. The molecular formula is C19H20O5. The van der Waals surface area contributed by atoms with E-state index >= 15 is 0 Å². The number of ketones is 1. The zero-order valence-electron chi connectivity index (χ0n) is 13.3. The highest BCUT2D eigenvalue weighted by Gasteiger charge is 2.08. The molecule has 0 fully saturated rings. The number of phenols is 4. The van der Waals surface area contributed by atoms with Crippen molar-refractivity contribution in [2.45, 2.75) is 13.3 Å². The van der Waals surface area contributed by atoms with Crippen LogP contribution < -0.4 is 0 Å². The Balaban J connectivity index is 0.000000648. The van der Waals surface area contributed by atoms with Crippen molar-refractivity contribution in [1.29, 1.82) is 0 Å². The number of hydrogen-bond donors (Lipinski definition) is 4. The minimum atomic E-state index is -0.449. The van der Waals surface area contributed by atoms with Crippen LogP contribution in [0.2, 0.25) is 0 Å². The molecular weight excluding hydrogens is 308 g/mol. The lowest BCUT2D eigenvalue weighted by molar-refractivity contribution is 0.104. The number of carbonyl (C=O) groups is 1. The molecule has 0 heterocycles. The van der Waals surface area contributed by atoms with E-state index < -0.39 is 5.78 Å². The first-order valence-corrected chi connectivity index (χ1v) is 7.26. The summed E-state index contributed by atoms with van der Waals surface area (Å²) in [6.07, 6.45) is 5.62. The molecule has 0 aliphatic heterocycles. The molecule has 0 saturated heterocycles. The van der Waals surface area contributed by atoms with Crippen LogP contribution in [0, 0.1) is 0 Å². The largest absolute Gasteiger partial charge is 0.508 e. The van der Waals surface area contributed by atoms with E-state index in [4.69, 9.17) is 10.2 Å². The van der Waals surface area contributed by atoms with Crippen LogP contribution in [0.3, 0.4) is 0 Å². The Kier molecular flexibility index (Phi) is 7.10. The fourth-order valence-corrected chi connectivity index (χ4v) is 1.63. The van der Waals surface area contributed by atoms with Gasteiger partial charge < -0.3 is 20.4 Å². The summed E-state index contributed by atoms with van der Waals surface area (Å²) in [5.74, 6) is -1.42. The first-order valence-electron chi connectivity index (χ1n) is 7.26. The second-order valence-corrected chi connectivity index (χ2v) is 4.84. The third kappa shape index (κ3) is 5.53. The minimum Gasteiger partial charge on any atom is -0.508 e. The lowest BCUT2D eigenvalue weighted by atomic mass is 10.1. The van der Waals surface area contributed by atoms with E-state index in [1.54, 1.807) is 0 Å². The number of aromatic hydroxyl groups is 4. The molecule has 0 atom stereocenters. The lowest BCUT2D eigenvalue weighted by Crippen LogP contribution is -1.94. The number of carbonyl (C=O) groups excluding carboxylic acids is 1. The molecule has 0 aromatic heterocycles. The zero-order chi connectivity index (χ0) is 18.1. The Hall–Kier alpha value is -3.21. The zero-order valence-corrected chi connectivity index (χ0v) is 13.3. The van der Waals surface area contributed by atoms with Gasteiger partial charge in [0.1, 0.15) is 11.5 Å². The molecule has 2 aromatic rings. The van der Waals surface area contributed by atoms with Crippen molar-refractivity contribution < 1.29 is 25.2 Å². The number of phenolic OH excluding ortho intramolecular Hbond substituents is 4. The van der Waals surface area contributed by atoms with Gasteiger partial charge in [0, 0.05) is 6.07 Å². The summed E-state index contributed by atoms with van der Waals surface area (Å²) in [5, 5.41) is 37.2. The number of allylic oxidation sites excluding steroid dienone is 2. The Morgan fingerprint density at radius 3 is 2.21 bits per heavy atom. The fourth-order valence-electron chi connectivity index (χ4n) is 1.63. The van der Waals surface area contributed by atoms with Crippen molar-refractivity contribution in [2.24, 2.45) is 0 Å². The predicted molar refractivity (Wildman–Crippen MR) is 93.4 cm³/mol. The standard InChI is InChI=1S/C15H12O5.C4H8/c16-10-3-4-11(14(19)8-10)12(17)5-1-9-2-6-13(18)15(20)7-9;1-3-4-2/h1-8,16,18-20H;3H,1,4H2,2H3. The first kappa shape index (κ1) is 18.8. The summed E-state index contributed by atoms with van der Waals surface area (Å²) in [7, 11) is 0. The number of benzene rings is 2. The van der Waals surface area contributed by atoms with Gasteiger partial charge in [-0.2, -0.15) is 0 Å². The molecule has 5 heteroatoms. The summed E-state index contributed by atoms with van der Waals surface area (Å²) in [6, 6.07) is 7.81. The molecule has 0 aliphatic carbocycles. The average molecular weight is 328 g/mol. The van der Waals surface area contributed by atoms with Crippen molar-refractivity contribution in [3.8, 4) is 23.0 Å². The molecule has 2 aromatic carbocycles. The fraction of sp³-hybridized carbons (Fsp3) is 0.105. The van der Waals surface area contributed by atoms with Gasteiger partial charge in [0.2, 0.25) is 0 Å². The van der Waals surface area contributed by atoms with Gasteiger partial charge in [-0.1, -0.05) is 25.1 Å². The van der Waals surface area contributed by atoms with Gasteiger partial charge in [0.25, 0.3) is 0 Å². The molecule has 2 rings (SSSR count). The van der Waals surface area contributed by atoms with E-state index in [1.807, 2.05) is 6.08 Å². The van der Waals surface area contributed by atoms with Crippen LogP contribution in [0.4, 0.5) is 0 Å². The van der Waals surface area contributed by atoms with E-state index in [9.17, 15) is 15.0 Å². The molecule has 0 aliphatic rings. The van der Waals surface area contributed by atoms with Crippen molar-refractivity contribution in [1.82, 2.24) is 0 Å². The molecule has 4 N–H and O–H groups in total. The molecule has 126 valence electrons. The Labute approximate surface area is 140 Å². The topological polar surface area (TPSA) is 98.0 Å². The highest BCUT2D eigenvalue weighted by Crippen LogP contribution is 2.26. The molecule has 5 nitrogen and oxygen atoms in total. The molecule has 0 spiro atoms. The number of rotatable bonds is 4. The van der Waals surface area contributed by atoms with Crippen LogP contribution in [0.5, 0.6) is 23.0 Å². The maximum Gasteiger partial charge on any atom is 0.189 e. The maximum absolute atomic E-state index is 11.9. The Bertz CT molecular complexity index is 747. The minimum absolute atomic E-state index is 0.0575. The summed E-state index contributed by atoms with van der Waals surface area (Å²) in [6.45, 7) is 5.54. The van der Waals surface area contributed by atoms with Crippen LogP contribution in [-0.4, -0.2) is 26.2 Å². The molecule has 0 unspecified atom stereocenters. The molecule has 0 amide bonds. The van der Waals surface area contributed by atoms with E-state index in [0.29, 0.717) is 5.56 Å². The Morgan fingerprint density at radius 2 is 1.67 bits per heavy atom. The summed E-state index contributed by atoms with van der Waals surface area (Å²) < 4.78 is 0. The van der Waals surface area contributed by atoms with Crippen LogP contribution in [-0.2, 0) is 0 Å². The second kappa shape index (κ2) is 9.05. The normalized spacial score (nSPS) is 10.0. The molecule has 24 heavy (non-hydrogen) atoms. The van der Waals surface area contributed by atoms with Gasteiger partial charge in [0.15, 0.2) is 17.3 Å². The van der Waals surface area contributed by atoms with E-state index in [1.165, 1.54) is 42.5 Å². The van der Waals surface area contributed by atoms with Gasteiger partial charge in [-0.3, -0.25) is 4.79 Å². The van der Waals surface area contributed by atoms with Crippen LogP contribution in [0.25, 0.3) is 6.08 Å². The first-order chi connectivity index (χ1) is 11.4. The van der Waals surface area contributed by atoms with Crippen molar-refractivity contribution in [3.63, 3.8) is 0 Å². The van der Waals surface area contributed by atoms with Crippen LogP contribution >= 0.6 is 0 Å². The van der Waals surface area contributed by atoms with E-state index in [-0.39, 0.29) is 28.6 Å². The third-order valence-electron chi connectivity index (χ3n) is 2.96. The number of hydrogen-bond acceptors (Lipinski definition) is 5. The van der Waals surface area contributed by atoms with Gasteiger partial charge in [-0.25, -0.2) is 0 Å². The lowest BCUT2D eigenvalue weighted by Gasteiger charge is -2.01. The Morgan fingerprint density at radius 1 is 1.00 bits per heavy atom. The summed E-state index contributed by atoms with van der Waals surface area (Å²) in [4.78, 5) is 11.9. The van der Waals surface area contributed by atoms with Gasteiger partial charge >= 0.3 is 0 Å². The van der Waals surface area contributed by atoms with Gasteiger partial charge in [-0.15, -0.1) is 6.58 Å². The van der Waals surface area contributed by atoms with Crippen LogP contribution in [0.1, 0.15) is 29.3 Å². The monoisotopic (exact) mass is 328 g/mol. The molecule has 0 radical (unpaired) electrons. The second-order valence-electron chi connectivity index (χ2n) is 4.84. The molecule has 0 saturated carbocycles. The van der Waals surface area contributed by atoms with Crippen molar-refractivity contribution in [2.75, 3.05) is 0 Å². The maximum atomic E-state index is 11.9. The summed E-state index contributed by atoms with van der Waals surface area (Å²) >= 11 is 0. The van der Waals surface area contributed by atoms with Crippen molar-refractivity contribution in [3.05, 3.63) is 66.3 Å². The van der Waals surface area contributed by atoms with Gasteiger partial charge in [0.05, 0.1) is 5.56 Å². The molecule has 0 bridgehead atoms. The van der Waals surface area contributed by atoms with Crippen LogP contribution in [0.15, 0.2) is 55.1 Å². The van der Waals surface area contributed by atoms with E-state index in [2.05, 4.69) is 13.5 Å². The summed E-state index contributed by atoms with van der Waals surface area (Å²) in [5.41, 5.74) is 0.578. The predicted octanol–water partition coefficient (Wildman–Crippen LogP) is 3.99.